The number of hydrogen-bond donors (Lipinski definition) is 0. The lowest BCUT2D eigenvalue weighted by atomic mass is 9.99. The second-order valence-electron chi connectivity index (χ2n) is 7.14. The Hall–Kier alpha value is -1.16. The number of piperidine rings is 1. The monoisotopic (exact) mass is 305 g/mol. The van der Waals surface area contributed by atoms with Crippen LogP contribution in [0.5, 0.6) is 0 Å². The minimum Gasteiger partial charge on any atom is -0.337 e. The van der Waals surface area contributed by atoms with Gasteiger partial charge in [0.15, 0.2) is 0 Å². The normalized spacial score (nSPS) is 25.1. The number of likely N-dealkylation sites (N-methyl/N-ethyl adjacent to an activating group) is 1. The van der Waals surface area contributed by atoms with E-state index in [1.165, 1.54) is 29.8 Å². The molecule has 4 nitrogen and oxygen atoms in total. The lowest BCUT2D eigenvalue weighted by Gasteiger charge is -2.37. The zero-order valence-corrected chi connectivity index (χ0v) is 14.9. The molecule has 0 aliphatic carbocycles. The first-order valence-electron chi connectivity index (χ1n) is 8.63. The lowest BCUT2D eigenvalue weighted by Crippen LogP contribution is -2.50. The van der Waals surface area contributed by atoms with Crippen LogP contribution in [0, 0.1) is 5.92 Å². The van der Waals surface area contributed by atoms with E-state index in [9.17, 15) is 4.79 Å². The number of aliphatic imine (C=N–C) groups is 1. The van der Waals surface area contributed by atoms with E-state index in [1.54, 1.807) is 0 Å². The molecule has 1 amide bonds. The predicted octanol–water partition coefficient (Wildman–Crippen LogP) is 3.09. The first-order valence-corrected chi connectivity index (χ1v) is 8.63. The van der Waals surface area contributed by atoms with Crippen LogP contribution in [0.1, 0.15) is 53.4 Å². The Morgan fingerprint density at radius 2 is 2.00 bits per heavy atom. The number of likely N-dealkylation sites (tertiary alicyclic amines) is 1. The van der Waals surface area contributed by atoms with Gasteiger partial charge in [0.2, 0.25) is 5.91 Å². The van der Waals surface area contributed by atoms with Crippen LogP contribution < -0.4 is 0 Å². The Morgan fingerprint density at radius 1 is 1.27 bits per heavy atom. The summed E-state index contributed by atoms with van der Waals surface area (Å²) < 4.78 is 0. The SMILES string of the molecule is CC(=NC1=C(C)CN(C(=O)[C@H]2CCCCN2C)CC1)C(C)C. The molecule has 1 fully saturated rings. The molecule has 0 N–H and O–H groups in total. The summed E-state index contributed by atoms with van der Waals surface area (Å²) in [6.07, 6.45) is 4.28. The van der Waals surface area contributed by atoms with E-state index < -0.39 is 0 Å². The van der Waals surface area contributed by atoms with Gasteiger partial charge in [-0.1, -0.05) is 20.3 Å². The van der Waals surface area contributed by atoms with Crippen LogP contribution in [0.4, 0.5) is 0 Å². The maximum Gasteiger partial charge on any atom is 0.240 e. The van der Waals surface area contributed by atoms with Gasteiger partial charge in [-0.15, -0.1) is 0 Å². The molecule has 2 aliphatic heterocycles. The fraction of sp³-hybridized carbons (Fsp3) is 0.778. The second-order valence-corrected chi connectivity index (χ2v) is 7.14. The first kappa shape index (κ1) is 17.2. The maximum atomic E-state index is 12.8. The summed E-state index contributed by atoms with van der Waals surface area (Å²) in [4.78, 5) is 21.8. The van der Waals surface area contributed by atoms with E-state index in [0.29, 0.717) is 11.8 Å². The predicted molar refractivity (Wildman–Crippen MR) is 92.1 cm³/mol. The molecule has 22 heavy (non-hydrogen) atoms. The molecule has 1 atom stereocenters. The fourth-order valence-electron chi connectivity index (χ4n) is 3.19. The number of carbonyl (C=O) groups is 1. The van der Waals surface area contributed by atoms with Gasteiger partial charge in [-0.2, -0.15) is 0 Å². The molecule has 0 unspecified atom stereocenters. The molecule has 4 heteroatoms. The van der Waals surface area contributed by atoms with Crippen molar-refractivity contribution < 1.29 is 4.79 Å². The minimum absolute atomic E-state index is 0.0870. The van der Waals surface area contributed by atoms with Gasteiger partial charge >= 0.3 is 0 Å². The highest BCUT2D eigenvalue weighted by Crippen LogP contribution is 2.23. The highest BCUT2D eigenvalue weighted by molar-refractivity contribution is 5.85. The standard InChI is InChI=1S/C18H31N3O/c1-13(2)15(4)19-16-9-11-21(12-14(16)3)18(22)17-8-6-7-10-20(17)5/h13,17H,6-12H2,1-5H3/t17-/m1/s1. The molecule has 124 valence electrons. The molecule has 0 saturated carbocycles. The van der Waals surface area contributed by atoms with Gasteiger partial charge in [-0.25, -0.2) is 0 Å². The average molecular weight is 305 g/mol. The van der Waals surface area contributed by atoms with Crippen molar-refractivity contribution in [1.82, 2.24) is 9.80 Å². The van der Waals surface area contributed by atoms with Crippen LogP contribution in [-0.2, 0) is 4.79 Å². The van der Waals surface area contributed by atoms with E-state index in [1.807, 2.05) is 4.90 Å². The number of rotatable bonds is 3. The molecule has 0 radical (unpaired) electrons. The summed E-state index contributed by atoms with van der Waals surface area (Å²) in [7, 11) is 2.08. The number of amides is 1. The van der Waals surface area contributed by atoms with Crippen molar-refractivity contribution in [1.29, 1.82) is 0 Å². The third-order valence-electron chi connectivity index (χ3n) is 5.05. The van der Waals surface area contributed by atoms with E-state index >= 15 is 0 Å². The minimum atomic E-state index is 0.0870. The largest absolute Gasteiger partial charge is 0.337 e. The van der Waals surface area contributed by atoms with Crippen LogP contribution in [0.2, 0.25) is 0 Å². The molecule has 0 spiro atoms. The number of carbonyl (C=O) groups excluding carboxylic acids is 1. The summed E-state index contributed by atoms with van der Waals surface area (Å²) in [5, 5.41) is 0. The van der Waals surface area contributed by atoms with E-state index in [2.05, 4.69) is 39.6 Å². The summed E-state index contributed by atoms with van der Waals surface area (Å²) in [5.41, 5.74) is 3.62. The van der Waals surface area contributed by atoms with Gasteiger partial charge in [-0.05, 0) is 51.8 Å². The van der Waals surface area contributed by atoms with Crippen molar-refractivity contribution in [3.05, 3.63) is 11.3 Å². The molecule has 2 heterocycles. The maximum absolute atomic E-state index is 12.8. The Kier molecular flexibility index (Phi) is 5.79. The quantitative estimate of drug-likeness (QED) is 0.751. The van der Waals surface area contributed by atoms with Crippen molar-refractivity contribution in [3.63, 3.8) is 0 Å². The first-order chi connectivity index (χ1) is 10.4. The third kappa shape index (κ3) is 3.97. The topological polar surface area (TPSA) is 35.9 Å². The van der Waals surface area contributed by atoms with Crippen LogP contribution in [0.15, 0.2) is 16.3 Å². The molecule has 2 aliphatic rings. The smallest absolute Gasteiger partial charge is 0.240 e. The lowest BCUT2D eigenvalue weighted by molar-refractivity contribution is -0.137. The summed E-state index contributed by atoms with van der Waals surface area (Å²) in [6, 6.07) is 0.0870. The number of hydrogen-bond acceptors (Lipinski definition) is 3. The van der Waals surface area contributed by atoms with Gasteiger partial charge in [0.05, 0.1) is 6.04 Å². The zero-order valence-electron chi connectivity index (χ0n) is 14.9. The van der Waals surface area contributed by atoms with Crippen molar-refractivity contribution in [3.8, 4) is 0 Å². The Morgan fingerprint density at radius 3 is 2.59 bits per heavy atom. The Balaban J connectivity index is 2.04. The van der Waals surface area contributed by atoms with Crippen molar-refractivity contribution >= 4 is 11.6 Å². The van der Waals surface area contributed by atoms with Crippen molar-refractivity contribution in [2.45, 2.75) is 59.4 Å². The summed E-state index contributed by atoms with van der Waals surface area (Å²) >= 11 is 0. The summed E-state index contributed by atoms with van der Waals surface area (Å²) in [6.45, 7) is 11.2. The average Bonchev–Trinajstić information content (AvgIpc) is 2.49. The molecular formula is C18H31N3O. The highest BCUT2D eigenvalue weighted by atomic mass is 16.2. The van der Waals surface area contributed by atoms with Crippen LogP contribution >= 0.6 is 0 Å². The summed E-state index contributed by atoms with van der Waals surface area (Å²) in [5.74, 6) is 0.793. The van der Waals surface area contributed by atoms with E-state index in [0.717, 1.165) is 32.5 Å². The molecule has 1 saturated heterocycles. The fourth-order valence-corrected chi connectivity index (χ4v) is 3.19. The van der Waals surface area contributed by atoms with E-state index in [-0.39, 0.29) is 6.04 Å². The van der Waals surface area contributed by atoms with Crippen LogP contribution in [0.25, 0.3) is 0 Å². The van der Waals surface area contributed by atoms with Crippen LogP contribution in [-0.4, -0.2) is 54.1 Å². The van der Waals surface area contributed by atoms with Gasteiger partial charge in [0.25, 0.3) is 0 Å². The van der Waals surface area contributed by atoms with Crippen LogP contribution in [0.3, 0.4) is 0 Å². The van der Waals surface area contributed by atoms with Gasteiger partial charge in [0, 0.05) is 30.9 Å². The van der Waals surface area contributed by atoms with Gasteiger partial charge in [0.1, 0.15) is 0 Å². The van der Waals surface area contributed by atoms with Gasteiger partial charge in [-0.3, -0.25) is 14.7 Å². The van der Waals surface area contributed by atoms with Gasteiger partial charge < -0.3 is 4.90 Å². The molecular weight excluding hydrogens is 274 g/mol. The number of nitrogens with zero attached hydrogens (tertiary/aromatic N) is 3. The molecule has 0 aromatic rings. The van der Waals surface area contributed by atoms with Crippen molar-refractivity contribution in [2.24, 2.45) is 10.9 Å². The Bertz CT molecular complexity index is 479. The molecule has 2 rings (SSSR count). The zero-order chi connectivity index (χ0) is 16.3. The Labute approximate surface area is 135 Å². The molecule has 0 aromatic heterocycles. The highest BCUT2D eigenvalue weighted by Gasteiger charge is 2.31. The molecule has 0 bridgehead atoms. The van der Waals surface area contributed by atoms with Crippen molar-refractivity contribution in [2.75, 3.05) is 26.7 Å². The third-order valence-corrected chi connectivity index (χ3v) is 5.05. The second kappa shape index (κ2) is 7.40. The van der Waals surface area contributed by atoms with E-state index in [4.69, 9.17) is 4.99 Å². The molecule has 0 aromatic carbocycles.